The Morgan fingerprint density at radius 3 is 2.34 bits per heavy atom. The molecule has 5 nitrogen and oxygen atoms in total. The van der Waals surface area contributed by atoms with Gasteiger partial charge in [-0.15, -0.1) is 0 Å². The predicted molar refractivity (Wildman–Crippen MR) is 112 cm³/mol. The number of halogens is 1. The fourth-order valence-electron chi connectivity index (χ4n) is 2.93. The summed E-state index contributed by atoms with van der Waals surface area (Å²) >= 11 is 0. The summed E-state index contributed by atoms with van der Waals surface area (Å²) in [5, 5.41) is 3.17. The van der Waals surface area contributed by atoms with Crippen molar-refractivity contribution in [1.29, 1.82) is 0 Å². The molecule has 6 heteroatoms. The summed E-state index contributed by atoms with van der Waals surface area (Å²) in [6.45, 7) is 5.13. The highest BCUT2D eigenvalue weighted by atomic mass is 19.1. The summed E-state index contributed by atoms with van der Waals surface area (Å²) < 4.78 is 12.9. The van der Waals surface area contributed by atoms with Crippen molar-refractivity contribution in [1.82, 2.24) is 14.9 Å². The van der Waals surface area contributed by atoms with Gasteiger partial charge in [-0.2, -0.15) is 0 Å². The lowest BCUT2D eigenvalue weighted by Gasteiger charge is -2.26. The van der Waals surface area contributed by atoms with E-state index in [2.05, 4.69) is 15.3 Å². The number of anilines is 1. The minimum atomic E-state index is -0.240. The third-order valence-electron chi connectivity index (χ3n) is 4.58. The minimum absolute atomic E-state index is 0.0398. The molecule has 0 fully saturated rings. The molecule has 1 N–H and O–H groups in total. The Kier molecular flexibility index (Phi) is 6.89. The average molecular weight is 392 g/mol. The van der Waals surface area contributed by atoms with E-state index in [9.17, 15) is 9.18 Å². The number of amides is 1. The van der Waals surface area contributed by atoms with E-state index in [4.69, 9.17) is 0 Å². The summed E-state index contributed by atoms with van der Waals surface area (Å²) in [5.41, 5.74) is 2.42. The average Bonchev–Trinajstić information content (AvgIpc) is 2.74. The van der Waals surface area contributed by atoms with Crippen molar-refractivity contribution in [3.63, 3.8) is 0 Å². The van der Waals surface area contributed by atoms with Crippen LogP contribution in [0.3, 0.4) is 0 Å². The highest BCUT2D eigenvalue weighted by Crippen LogP contribution is 2.13. The van der Waals surface area contributed by atoms with Crippen molar-refractivity contribution in [2.75, 3.05) is 11.9 Å². The lowest BCUT2D eigenvalue weighted by atomic mass is 10.1. The molecule has 2 aromatic carbocycles. The maximum absolute atomic E-state index is 12.9. The molecule has 1 aromatic heterocycles. The number of hydrogen-bond acceptors (Lipinski definition) is 4. The van der Waals surface area contributed by atoms with E-state index in [1.54, 1.807) is 23.2 Å². The Labute approximate surface area is 170 Å². The zero-order chi connectivity index (χ0) is 20.6. The standard InChI is InChI=1S/C23H25FN4O/c1-17(2)28(16-19-6-4-3-5-7-19)23(29)21-14-27-22(15-26-21)25-13-12-18-8-10-20(24)11-9-18/h3-11,14-15,17H,12-13,16H2,1-2H3,(H,25,27). The van der Waals surface area contributed by atoms with E-state index < -0.39 is 0 Å². The van der Waals surface area contributed by atoms with E-state index in [1.165, 1.54) is 18.3 Å². The maximum atomic E-state index is 12.9. The molecule has 0 unspecified atom stereocenters. The molecule has 3 rings (SSSR count). The van der Waals surface area contributed by atoms with E-state index in [0.717, 1.165) is 17.5 Å². The molecule has 150 valence electrons. The first kappa shape index (κ1) is 20.5. The molecule has 0 saturated carbocycles. The van der Waals surface area contributed by atoms with Crippen LogP contribution in [0, 0.1) is 5.82 Å². The Bertz CT molecular complexity index is 912. The lowest BCUT2D eigenvalue weighted by Crippen LogP contribution is -2.37. The number of carbonyl (C=O) groups excluding carboxylic acids is 1. The zero-order valence-electron chi connectivity index (χ0n) is 16.7. The lowest BCUT2D eigenvalue weighted by molar-refractivity contribution is 0.0684. The molecular formula is C23H25FN4O. The van der Waals surface area contributed by atoms with Crippen LogP contribution in [0.2, 0.25) is 0 Å². The third-order valence-corrected chi connectivity index (χ3v) is 4.58. The number of aromatic nitrogens is 2. The number of nitrogens with one attached hydrogen (secondary N) is 1. The summed E-state index contributed by atoms with van der Waals surface area (Å²) in [6.07, 6.45) is 3.81. The summed E-state index contributed by atoms with van der Waals surface area (Å²) in [4.78, 5) is 23.3. The monoisotopic (exact) mass is 392 g/mol. The first-order valence-corrected chi connectivity index (χ1v) is 9.68. The van der Waals surface area contributed by atoms with Gasteiger partial charge in [0, 0.05) is 19.1 Å². The maximum Gasteiger partial charge on any atom is 0.274 e. The zero-order valence-corrected chi connectivity index (χ0v) is 16.7. The molecule has 0 aliphatic carbocycles. The van der Waals surface area contributed by atoms with Crippen LogP contribution in [0.15, 0.2) is 67.0 Å². The normalized spacial score (nSPS) is 10.8. The number of rotatable bonds is 8. The first-order chi connectivity index (χ1) is 14.0. The molecule has 0 bridgehead atoms. The van der Waals surface area contributed by atoms with Gasteiger partial charge in [-0.05, 0) is 43.5 Å². The second-order valence-electron chi connectivity index (χ2n) is 7.10. The van der Waals surface area contributed by atoms with Crippen molar-refractivity contribution < 1.29 is 9.18 Å². The highest BCUT2D eigenvalue weighted by Gasteiger charge is 2.20. The van der Waals surface area contributed by atoms with Crippen LogP contribution < -0.4 is 5.32 Å². The molecule has 0 atom stereocenters. The number of carbonyl (C=O) groups is 1. The van der Waals surface area contributed by atoms with Gasteiger partial charge in [0.25, 0.3) is 5.91 Å². The second-order valence-corrected chi connectivity index (χ2v) is 7.10. The van der Waals surface area contributed by atoms with Crippen molar-refractivity contribution in [3.8, 4) is 0 Å². The van der Waals surface area contributed by atoms with Crippen molar-refractivity contribution in [2.45, 2.75) is 32.9 Å². The van der Waals surface area contributed by atoms with Crippen LogP contribution in [0.25, 0.3) is 0 Å². The minimum Gasteiger partial charge on any atom is -0.368 e. The fraction of sp³-hybridized carbons (Fsp3) is 0.261. The molecule has 0 spiro atoms. The second kappa shape index (κ2) is 9.78. The highest BCUT2D eigenvalue weighted by molar-refractivity contribution is 5.92. The number of nitrogens with zero attached hydrogens (tertiary/aromatic N) is 3. The van der Waals surface area contributed by atoms with Gasteiger partial charge >= 0.3 is 0 Å². The van der Waals surface area contributed by atoms with Gasteiger partial charge in [0.2, 0.25) is 0 Å². The Morgan fingerprint density at radius 1 is 1.00 bits per heavy atom. The molecular weight excluding hydrogens is 367 g/mol. The first-order valence-electron chi connectivity index (χ1n) is 9.68. The van der Waals surface area contributed by atoms with Crippen LogP contribution in [-0.2, 0) is 13.0 Å². The molecule has 0 aliphatic heterocycles. The van der Waals surface area contributed by atoms with Crippen molar-refractivity contribution >= 4 is 11.7 Å². The molecule has 1 amide bonds. The van der Waals surface area contributed by atoms with Crippen LogP contribution in [-0.4, -0.2) is 33.4 Å². The summed E-state index contributed by atoms with van der Waals surface area (Å²) in [6, 6.07) is 16.3. The third kappa shape index (κ3) is 5.85. The van der Waals surface area contributed by atoms with Gasteiger partial charge in [0.15, 0.2) is 0 Å². The van der Waals surface area contributed by atoms with E-state index >= 15 is 0 Å². The van der Waals surface area contributed by atoms with Crippen LogP contribution in [0.5, 0.6) is 0 Å². The van der Waals surface area contributed by atoms with Crippen LogP contribution in [0.1, 0.15) is 35.5 Å². The molecule has 1 heterocycles. The smallest absolute Gasteiger partial charge is 0.274 e. The SMILES string of the molecule is CC(C)N(Cc1ccccc1)C(=O)c1cnc(NCCc2ccc(F)cc2)cn1. The van der Waals surface area contributed by atoms with E-state index in [-0.39, 0.29) is 17.8 Å². The van der Waals surface area contributed by atoms with Crippen LogP contribution in [0.4, 0.5) is 10.2 Å². The van der Waals surface area contributed by atoms with E-state index in [1.807, 2.05) is 44.2 Å². The van der Waals surface area contributed by atoms with E-state index in [0.29, 0.717) is 24.6 Å². The predicted octanol–water partition coefficient (Wildman–Crippen LogP) is 4.32. The Hall–Kier alpha value is -3.28. The van der Waals surface area contributed by atoms with Gasteiger partial charge in [0.1, 0.15) is 17.3 Å². The Balaban J connectivity index is 1.58. The van der Waals surface area contributed by atoms with Gasteiger partial charge in [-0.3, -0.25) is 4.79 Å². The number of hydrogen-bond donors (Lipinski definition) is 1. The Morgan fingerprint density at radius 2 is 1.72 bits per heavy atom. The summed E-state index contributed by atoms with van der Waals surface area (Å²) in [5.74, 6) is 0.215. The van der Waals surface area contributed by atoms with Gasteiger partial charge < -0.3 is 10.2 Å². The van der Waals surface area contributed by atoms with Crippen molar-refractivity contribution in [3.05, 3.63) is 89.6 Å². The molecule has 29 heavy (non-hydrogen) atoms. The van der Waals surface area contributed by atoms with Gasteiger partial charge in [0.05, 0.1) is 12.4 Å². The quantitative estimate of drug-likeness (QED) is 0.620. The summed E-state index contributed by atoms with van der Waals surface area (Å²) in [7, 11) is 0. The fourth-order valence-corrected chi connectivity index (χ4v) is 2.93. The molecule has 0 saturated heterocycles. The van der Waals surface area contributed by atoms with Gasteiger partial charge in [-0.25, -0.2) is 14.4 Å². The number of benzene rings is 2. The molecule has 0 aliphatic rings. The van der Waals surface area contributed by atoms with Gasteiger partial charge in [-0.1, -0.05) is 42.5 Å². The topological polar surface area (TPSA) is 58.1 Å². The van der Waals surface area contributed by atoms with Crippen molar-refractivity contribution in [2.24, 2.45) is 0 Å². The molecule has 3 aromatic rings. The largest absolute Gasteiger partial charge is 0.368 e. The molecule has 0 radical (unpaired) electrons. The van der Waals surface area contributed by atoms with Crippen LogP contribution >= 0.6 is 0 Å².